The van der Waals surface area contributed by atoms with Crippen LogP contribution < -0.4 is 10.9 Å². The molecular weight excluding hydrogens is 360 g/mol. The van der Waals surface area contributed by atoms with Gasteiger partial charge in [0, 0.05) is 17.3 Å². The summed E-state index contributed by atoms with van der Waals surface area (Å²) >= 11 is 4.98. The van der Waals surface area contributed by atoms with Crippen molar-refractivity contribution in [1.82, 2.24) is 9.97 Å². The molecule has 0 saturated carbocycles. The number of H-pyrrole nitrogens is 2. The van der Waals surface area contributed by atoms with Gasteiger partial charge in [-0.2, -0.15) is 0 Å². The Labute approximate surface area is 151 Å². The van der Waals surface area contributed by atoms with Gasteiger partial charge in [-0.1, -0.05) is 18.2 Å². The summed E-state index contributed by atoms with van der Waals surface area (Å²) < 4.78 is 4.94. The largest absolute Gasteiger partial charge is 0.466 e. The number of fused-ring (bicyclic) bond motifs is 1. The van der Waals surface area contributed by atoms with Gasteiger partial charge in [-0.25, -0.2) is 4.79 Å². The van der Waals surface area contributed by atoms with Gasteiger partial charge in [0.05, 0.1) is 29.1 Å². The molecule has 0 aliphatic carbocycles. The minimum absolute atomic E-state index is 0.0943. The lowest BCUT2D eigenvalue weighted by Crippen LogP contribution is -2.31. The number of hydrogen-bond donors (Lipinski definition) is 3. The molecule has 1 unspecified atom stereocenters. The Morgan fingerprint density at radius 3 is 2.65 bits per heavy atom. The van der Waals surface area contributed by atoms with Crippen molar-refractivity contribution in [3.05, 3.63) is 71.9 Å². The Morgan fingerprint density at radius 1 is 1.31 bits per heavy atom. The second-order valence-electron chi connectivity index (χ2n) is 5.60. The molecule has 0 radical (unpaired) electrons. The van der Waals surface area contributed by atoms with Crippen molar-refractivity contribution in [3.63, 3.8) is 0 Å². The number of nitrogens with one attached hydrogen (secondary N) is 3. The summed E-state index contributed by atoms with van der Waals surface area (Å²) in [6, 6.07) is 5.95. The van der Waals surface area contributed by atoms with Crippen molar-refractivity contribution in [1.29, 1.82) is 0 Å². The van der Waals surface area contributed by atoms with Crippen LogP contribution in [0.5, 0.6) is 0 Å². The molecule has 0 amide bonds. The number of allylic oxidation sites excluding steroid dienone is 1. The Hall–Kier alpha value is -3.27. The third kappa shape index (κ3) is 2.80. The maximum atomic E-state index is 12.6. The highest BCUT2D eigenvalue weighted by atomic mass is 32.1. The first-order valence-corrected chi connectivity index (χ1v) is 7.92. The molecule has 3 rings (SSSR count). The van der Waals surface area contributed by atoms with Gasteiger partial charge >= 0.3 is 5.97 Å². The molecular formula is C16H14N4O5S. The Bertz CT molecular complexity index is 1070. The number of nitro groups is 1. The van der Waals surface area contributed by atoms with Crippen LogP contribution in [0.1, 0.15) is 24.0 Å². The highest BCUT2D eigenvalue weighted by Gasteiger charge is 2.38. The molecule has 2 heterocycles. The smallest absolute Gasteiger partial charge is 0.336 e. The molecule has 10 heteroatoms. The molecule has 134 valence electrons. The number of aromatic nitrogens is 2. The molecule has 1 atom stereocenters. The van der Waals surface area contributed by atoms with Crippen LogP contribution in [0.15, 0.2) is 40.3 Å². The number of methoxy groups -OCH3 is 1. The molecule has 3 N–H and O–H groups in total. The van der Waals surface area contributed by atoms with Gasteiger partial charge in [0.1, 0.15) is 5.82 Å². The number of aromatic amines is 2. The second kappa shape index (κ2) is 6.56. The molecule has 0 bridgehead atoms. The molecule has 0 saturated heterocycles. The van der Waals surface area contributed by atoms with E-state index in [1.54, 1.807) is 13.0 Å². The summed E-state index contributed by atoms with van der Waals surface area (Å²) in [6.45, 7) is 1.62. The third-order valence-corrected chi connectivity index (χ3v) is 4.33. The zero-order valence-corrected chi connectivity index (χ0v) is 14.6. The quantitative estimate of drug-likeness (QED) is 0.325. The van der Waals surface area contributed by atoms with Crippen molar-refractivity contribution < 1.29 is 14.5 Å². The maximum Gasteiger partial charge on any atom is 0.336 e. The lowest BCUT2D eigenvalue weighted by atomic mass is 9.81. The fourth-order valence-corrected chi connectivity index (χ4v) is 3.27. The topological polar surface area (TPSA) is 130 Å². The van der Waals surface area contributed by atoms with Crippen LogP contribution >= 0.6 is 12.2 Å². The van der Waals surface area contributed by atoms with Crippen molar-refractivity contribution in [3.8, 4) is 0 Å². The van der Waals surface area contributed by atoms with Gasteiger partial charge in [-0.15, -0.1) is 0 Å². The number of esters is 1. The van der Waals surface area contributed by atoms with Gasteiger partial charge in [0.25, 0.3) is 11.2 Å². The number of carbonyl (C=O) groups is 1. The Kier molecular flexibility index (Phi) is 4.43. The van der Waals surface area contributed by atoms with Crippen molar-refractivity contribution >= 4 is 29.7 Å². The fourth-order valence-electron chi connectivity index (χ4n) is 3.08. The zero-order valence-electron chi connectivity index (χ0n) is 13.8. The molecule has 0 spiro atoms. The Balaban J connectivity index is 2.40. The average Bonchev–Trinajstić information content (AvgIpc) is 2.59. The number of nitro benzene ring substituents is 1. The van der Waals surface area contributed by atoms with Crippen LogP contribution in [0.3, 0.4) is 0 Å². The van der Waals surface area contributed by atoms with Crippen molar-refractivity contribution in [2.45, 2.75) is 12.8 Å². The molecule has 26 heavy (non-hydrogen) atoms. The van der Waals surface area contributed by atoms with Gasteiger partial charge in [0.2, 0.25) is 0 Å². The van der Waals surface area contributed by atoms with Gasteiger partial charge < -0.3 is 15.0 Å². The van der Waals surface area contributed by atoms with E-state index in [9.17, 15) is 19.7 Å². The molecule has 1 aromatic carbocycles. The fraction of sp³-hybridized carbons (Fsp3) is 0.188. The minimum atomic E-state index is -0.990. The third-order valence-electron chi connectivity index (χ3n) is 4.12. The number of ether oxygens (including phenoxy) is 1. The second-order valence-corrected chi connectivity index (χ2v) is 6.01. The van der Waals surface area contributed by atoms with E-state index in [4.69, 9.17) is 17.0 Å². The normalized spacial score (nSPS) is 15.8. The van der Waals surface area contributed by atoms with Gasteiger partial charge in [-0.05, 0) is 19.1 Å². The standard InChI is InChI=1S/C16H14N4O5S/c1-7-10(15(22)25-2)11(8-5-3-4-6-9(8)20(23)24)12-13(17-7)18-16(26)19-14(12)21/h3-6,11H,1-2H3,(H3,17,18,19,21,26). The molecule has 0 fully saturated rings. The summed E-state index contributed by atoms with van der Waals surface area (Å²) in [5.74, 6) is -1.39. The molecule has 1 aliphatic rings. The minimum Gasteiger partial charge on any atom is -0.466 e. The summed E-state index contributed by atoms with van der Waals surface area (Å²) in [7, 11) is 1.21. The summed E-state index contributed by atoms with van der Waals surface area (Å²) in [6.07, 6.45) is 0. The van der Waals surface area contributed by atoms with Crippen LogP contribution in [0.25, 0.3) is 0 Å². The summed E-state index contributed by atoms with van der Waals surface area (Å²) in [5, 5.41) is 14.4. The van der Waals surface area contributed by atoms with Gasteiger partial charge in [0.15, 0.2) is 4.77 Å². The first-order valence-electron chi connectivity index (χ1n) is 7.51. The van der Waals surface area contributed by atoms with E-state index in [2.05, 4.69) is 15.3 Å². The number of para-hydroxylation sites is 1. The number of nitrogens with zero attached hydrogens (tertiary/aromatic N) is 1. The number of anilines is 1. The van der Waals surface area contributed by atoms with Gasteiger partial charge in [-0.3, -0.25) is 19.9 Å². The number of hydrogen-bond acceptors (Lipinski definition) is 7. The van der Waals surface area contributed by atoms with E-state index in [1.807, 2.05) is 0 Å². The average molecular weight is 374 g/mol. The number of benzene rings is 1. The predicted molar refractivity (Wildman–Crippen MR) is 95.5 cm³/mol. The molecule has 1 aliphatic heterocycles. The van der Waals surface area contributed by atoms with Crippen LogP contribution in [0, 0.1) is 14.9 Å². The van der Waals surface area contributed by atoms with E-state index < -0.39 is 22.4 Å². The highest BCUT2D eigenvalue weighted by Crippen LogP contribution is 2.42. The molecule has 1 aromatic heterocycles. The van der Waals surface area contributed by atoms with Crippen LogP contribution in [-0.2, 0) is 9.53 Å². The first-order chi connectivity index (χ1) is 12.3. The number of rotatable bonds is 3. The van der Waals surface area contributed by atoms with E-state index in [-0.39, 0.29) is 33.0 Å². The van der Waals surface area contributed by atoms with E-state index in [1.165, 1.54) is 25.3 Å². The van der Waals surface area contributed by atoms with E-state index in [0.29, 0.717) is 5.70 Å². The summed E-state index contributed by atoms with van der Waals surface area (Å²) in [5.41, 5.74) is 0.0960. The van der Waals surface area contributed by atoms with Crippen LogP contribution in [0.2, 0.25) is 0 Å². The zero-order chi connectivity index (χ0) is 19.0. The summed E-state index contributed by atoms with van der Waals surface area (Å²) in [4.78, 5) is 41.2. The Morgan fingerprint density at radius 2 is 2.00 bits per heavy atom. The first kappa shape index (κ1) is 17.5. The van der Waals surface area contributed by atoms with Crippen LogP contribution in [-0.4, -0.2) is 28.0 Å². The van der Waals surface area contributed by atoms with Crippen molar-refractivity contribution in [2.75, 3.05) is 12.4 Å². The van der Waals surface area contributed by atoms with E-state index in [0.717, 1.165) is 0 Å². The predicted octanol–water partition coefficient (Wildman–Crippen LogP) is 2.35. The van der Waals surface area contributed by atoms with Crippen molar-refractivity contribution in [2.24, 2.45) is 0 Å². The maximum absolute atomic E-state index is 12.6. The SMILES string of the molecule is COC(=O)C1=C(C)Nc2[nH]c(=S)[nH]c(=O)c2C1c1ccccc1[N+](=O)[O-]. The molecule has 9 nitrogen and oxygen atoms in total. The lowest BCUT2D eigenvalue weighted by Gasteiger charge is -2.28. The number of carbonyl (C=O) groups excluding carboxylic acids is 1. The van der Waals surface area contributed by atoms with E-state index >= 15 is 0 Å². The monoisotopic (exact) mass is 374 g/mol. The van der Waals surface area contributed by atoms with Crippen LogP contribution in [0.4, 0.5) is 11.5 Å². The molecule has 2 aromatic rings. The highest BCUT2D eigenvalue weighted by molar-refractivity contribution is 7.71. The lowest BCUT2D eigenvalue weighted by molar-refractivity contribution is -0.385.